The number of aliphatic imine (C=N–C) groups is 1. The van der Waals surface area contributed by atoms with Gasteiger partial charge >= 0.3 is 5.97 Å². The van der Waals surface area contributed by atoms with Gasteiger partial charge in [-0.2, -0.15) is 0 Å². The zero-order valence-electron chi connectivity index (χ0n) is 10.2. The van der Waals surface area contributed by atoms with E-state index in [1.54, 1.807) is 11.8 Å². The van der Waals surface area contributed by atoms with E-state index in [4.69, 9.17) is 9.47 Å². The number of rotatable bonds is 5. The Morgan fingerprint density at radius 1 is 1.67 bits per heavy atom. The third-order valence-corrected chi connectivity index (χ3v) is 3.67. The normalized spacial score (nSPS) is 30.5. The lowest BCUT2D eigenvalue weighted by atomic mass is 10.1. The van der Waals surface area contributed by atoms with Crippen molar-refractivity contribution in [2.75, 3.05) is 6.61 Å². The topological polar surface area (TPSA) is 47.9 Å². The van der Waals surface area contributed by atoms with Gasteiger partial charge in [0.1, 0.15) is 18.1 Å². The molecule has 2 aliphatic rings. The molecule has 0 amide bonds. The first kappa shape index (κ1) is 13.6. The third-order valence-electron chi connectivity index (χ3n) is 2.48. The number of esters is 1. The van der Waals surface area contributed by atoms with Crippen molar-refractivity contribution in [1.82, 2.24) is 0 Å². The van der Waals surface area contributed by atoms with Gasteiger partial charge in [-0.05, 0) is 12.8 Å². The molecule has 0 aromatic rings. The second-order valence-corrected chi connectivity index (χ2v) is 5.17. The van der Waals surface area contributed by atoms with Gasteiger partial charge in [0.2, 0.25) is 0 Å². The molecule has 0 saturated carbocycles. The van der Waals surface area contributed by atoms with Crippen molar-refractivity contribution in [1.29, 1.82) is 0 Å². The quantitative estimate of drug-likeness (QED) is 0.563. The fourth-order valence-electron chi connectivity index (χ4n) is 1.64. The molecule has 18 heavy (non-hydrogen) atoms. The monoisotopic (exact) mass is 265 g/mol. The highest BCUT2D eigenvalue weighted by atomic mass is 32.2. The van der Waals surface area contributed by atoms with E-state index in [9.17, 15) is 4.79 Å². The van der Waals surface area contributed by atoms with E-state index in [1.165, 1.54) is 6.92 Å². The SMILES string of the molecule is C=CCCC1=N[C@@H]2[C][C][C@H](COC(C)=O)O[C@@H]2S1. The highest BCUT2D eigenvalue weighted by Crippen LogP contribution is 2.36. The maximum Gasteiger partial charge on any atom is 0.302 e. The van der Waals surface area contributed by atoms with Crippen LogP contribution in [0.15, 0.2) is 17.6 Å². The van der Waals surface area contributed by atoms with Crippen LogP contribution >= 0.6 is 11.8 Å². The second kappa shape index (κ2) is 6.38. The van der Waals surface area contributed by atoms with Gasteiger partial charge in [-0.25, -0.2) is 0 Å². The van der Waals surface area contributed by atoms with Crippen molar-refractivity contribution in [3.63, 3.8) is 0 Å². The summed E-state index contributed by atoms with van der Waals surface area (Å²) in [5.74, 6) is -0.315. The Morgan fingerprint density at radius 2 is 2.50 bits per heavy atom. The maximum atomic E-state index is 10.7. The summed E-state index contributed by atoms with van der Waals surface area (Å²) in [5.41, 5.74) is -0.0633. The fraction of sp³-hybridized carbons (Fsp3) is 0.538. The zero-order valence-corrected chi connectivity index (χ0v) is 11.0. The summed E-state index contributed by atoms with van der Waals surface area (Å²) in [4.78, 5) is 15.2. The Morgan fingerprint density at radius 3 is 3.22 bits per heavy atom. The summed E-state index contributed by atoms with van der Waals surface area (Å²) in [6, 6.07) is -0.0802. The average molecular weight is 265 g/mol. The molecule has 2 heterocycles. The molecule has 3 atom stereocenters. The van der Waals surface area contributed by atoms with Gasteiger partial charge in [0.25, 0.3) is 0 Å². The summed E-state index contributed by atoms with van der Waals surface area (Å²) in [5, 5.41) is 1.06. The Balaban J connectivity index is 1.79. The highest BCUT2D eigenvalue weighted by Gasteiger charge is 2.37. The molecule has 1 fully saturated rings. The highest BCUT2D eigenvalue weighted by molar-refractivity contribution is 8.14. The number of hydrogen-bond donors (Lipinski definition) is 0. The molecule has 0 aromatic heterocycles. The van der Waals surface area contributed by atoms with Crippen LogP contribution in [-0.4, -0.2) is 35.2 Å². The molecule has 4 nitrogen and oxygen atoms in total. The first-order valence-corrected chi connectivity index (χ1v) is 6.71. The molecule has 0 bridgehead atoms. The predicted molar refractivity (Wildman–Crippen MR) is 70.0 cm³/mol. The van der Waals surface area contributed by atoms with Crippen molar-refractivity contribution < 1.29 is 14.3 Å². The Bertz CT molecular complexity index is 356. The molecule has 0 unspecified atom stereocenters. The molecular formula is C13H15NO3S. The average Bonchev–Trinajstić information content (AvgIpc) is 2.75. The van der Waals surface area contributed by atoms with Crippen LogP contribution < -0.4 is 0 Å². The molecule has 1 saturated heterocycles. The van der Waals surface area contributed by atoms with Crippen molar-refractivity contribution in [2.45, 2.75) is 37.3 Å². The van der Waals surface area contributed by atoms with E-state index in [0.29, 0.717) is 0 Å². The Labute approximate surface area is 112 Å². The number of allylic oxidation sites excluding steroid dienone is 1. The number of nitrogens with zero attached hydrogens (tertiary/aromatic N) is 1. The molecule has 4 radical (unpaired) electrons. The number of carbonyl (C=O) groups excluding carboxylic acids is 1. The number of ether oxygens (including phenoxy) is 2. The van der Waals surface area contributed by atoms with E-state index in [-0.39, 0.29) is 30.2 Å². The smallest absolute Gasteiger partial charge is 0.302 e. The molecule has 0 N–H and O–H groups in total. The van der Waals surface area contributed by atoms with Gasteiger partial charge in [0, 0.05) is 19.8 Å². The van der Waals surface area contributed by atoms with E-state index in [0.717, 1.165) is 17.9 Å². The minimum absolute atomic E-state index is 0.0633. The van der Waals surface area contributed by atoms with Crippen LogP contribution in [0.5, 0.6) is 0 Å². The molecule has 0 aromatic carbocycles. The summed E-state index contributed by atoms with van der Waals surface area (Å²) in [7, 11) is 0. The zero-order chi connectivity index (χ0) is 13.0. The largest absolute Gasteiger partial charge is 0.463 e. The molecule has 2 aliphatic heterocycles. The predicted octanol–water partition coefficient (Wildman–Crippen LogP) is 1.92. The minimum Gasteiger partial charge on any atom is -0.463 e. The van der Waals surface area contributed by atoms with Gasteiger partial charge in [0.05, 0.1) is 11.1 Å². The Hall–Kier alpha value is -0.810. The van der Waals surface area contributed by atoms with E-state index < -0.39 is 0 Å². The van der Waals surface area contributed by atoms with Crippen molar-refractivity contribution >= 4 is 22.8 Å². The van der Waals surface area contributed by atoms with Gasteiger partial charge < -0.3 is 9.47 Å². The first-order chi connectivity index (χ1) is 8.69. The van der Waals surface area contributed by atoms with Crippen LogP contribution in [0, 0.1) is 12.8 Å². The lowest BCUT2D eigenvalue weighted by Gasteiger charge is -2.29. The summed E-state index contributed by atoms with van der Waals surface area (Å²) in [6.07, 6.45) is 9.33. The molecule has 5 heteroatoms. The van der Waals surface area contributed by atoms with Gasteiger partial charge in [-0.3, -0.25) is 9.79 Å². The van der Waals surface area contributed by atoms with Crippen molar-refractivity contribution in [3.8, 4) is 0 Å². The number of carbonyl (C=O) groups is 1. The number of thioether (sulfide) groups is 1. The second-order valence-electron chi connectivity index (χ2n) is 4.00. The summed E-state index contributed by atoms with van der Waals surface area (Å²) >= 11 is 1.61. The van der Waals surface area contributed by atoms with Gasteiger partial charge in [0.15, 0.2) is 0 Å². The third kappa shape index (κ3) is 3.59. The van der Waals surface area contributed by atoms with Crippen LogP contribution in [0.2, 0.25) is 0 Å². The van der Waals surface area contributed by atoms with Crippen LogP contribution in [0.1, 0.15) is 19.8 Å². The van der Waals surface area contributed by atoms with Gasteiger partial charge in [-0.15, -0.1) is 6.58 Å². The van der Waals surface area contributed by atoms with Crippen LogP contribution in [0.3, 0.4) is 0 Å². The van der Waals surface area contributed by atoms with Crippen molar-refractivity contribution in [3.05, 3.63) is 25.5 Å². The summed E-state index contributed by atoms with van der Waals surface area (Å²) in [6.45, 7) is 5.26. The maximum absolute atomic E-state index is 10.7. The van der Waals surface area contributed by atoms with Gasteiger partial charge in [-0.1, -0.05) is 17.8 Å². The lowest BCUT2D eigenvalue weighted by Crippen LogP contribution is -2.37. The van der Waals surface area contributed by atoms with Crippen LogP contribution in [0.25, 0.3) is 0 Å². The van der Waals surface area contributed by atoms with E-state index in [1.807, 2.05) is 6.08 Å². The van der Waals surface area contributed by atoms with E-state index in [2.05, 4.69) is 24.4 Å². The Kier molecular flexibility index (Phi) is 4.83. The molecule has 0 spiro atoms. The van der Waals surface area contributed by atoms with E-state index >= 15 is 0 Å². The first-order valence-electron chi connectivity index (χ1n) is 5.83. The number of fused-ring (bicyclic) bond motifs is 1. The van der Waals surface area contributed by atoms with Crippen molar-refractivity contribution in [2.24, 2.45) is 4.99 Å². The summed E-state index contributed by atoms with van der Waals surface area (Å²) < 4.78 is 10.6. The lowest BCUT2D eigenvalue weighted by molar-refractivity contribution is -0.145. The molecule has 2 rings (SSSR count). The molecule has 96 valence electrons. The molecular weight excluding hydrogens is 250 g/mol. The standard InChI is InChI=1S/C13H15NO3S/c1-3-4-5-12-14-11-7-6-10(8-16-9(2)15)17-13(11)18-12/h3,10-11,13H,1,4-5,8H2,2H3/t10-,11-,13-/m1/s1. The molecule has 0 aliphatic carbocycles. The van der Waals surface area contributed by atoms with Crippen LogP contribution in [-0.2, 0) is 14.3 Å². The fourth-order valence-corrected chi connectivity index (χ4v) is 2.77. The minimum atomic E-state index is -0.336. The number of hydrogen-bond acceptors (Lipinski definition) is 5. The van der Waals surface area contributed by atoms with Crippen LogP contribution in [0.4, 0.5) is 0 Å².